The van der Waals surface area contributed by atoms with Crippen molar-refractivity contribution < 1.29 is 36.6 Å². The van der Waals surface area contributed by atoms with Gasteiger partial charge < -0.3 is 25.8 Å². The number of cyclic esters (lactones) is 1. The average Bonchev–Trinajstić information content (AvgIpc) is 3.45. The van der Waals surface area contributed by atoms with Crippen LogP contribution in [0, 0.1) is 11.8 Å². The molecule has 1 saturated carbocycles. The molecule has 4 N–H and O–H groups in total. The number of ether oxygens (including phenoxy) is 1. The largest absolute Gasteiger partial charge is 0.441 e. The lowest BCUT2D eigenvalue weighted by atomic mass is 9.77. The molecule has 0 radical (unpaired) electrons. The van der Waals surface area contributed by atoms with E-state index in [0.29, 0.717) is 38.0 Å². The molecule has 1 atom stereocenters. The minimum atomic E-state index is -3.88. The van der Waals surface area contributed by atoms with E-state index in [-0.39, 0.29) is 85.4 Å². The lowest BCUT2D eigenvalue weighted by Gasteiger charge is -2.36. The minimum absolute atomic E-state index is 0.0431. The molecule has 0 bridgehead atoms. The quantitative estimate of drug-likeness (QED) is 0.239. The van der Waals surface area contributed by atoms with Crippen LogP contribution in [0.3, 0.4) is 0 Å². The molecule has 2 aliphatic heterocycles. The Morgan fingerprint density at radius 3 is 2.39 bits per heavy atom. The molecule has 16 heteroatoms. The maximum absolute atomic E-state index is 15.8. The molecule has 0 unspecified atom stereocenters. The summed E-state index contributed by atoms with van der Waals surface area (Å²) in [5.74, 6) is -4.31. The van der Waals surface area contributed by atoms with Gasteiger partial charge in [0.05, 0.1) is 18.0 Å². The number of hydrogen-bond donors (Lipinski definition) is 3. The summed E-state index contributed by atoms with van der Waals surface area (Å²) in [6.45, 7) is 1.40. The number of halogens is 3. The minimum Gasteiger partial charge on any atom is -0.441 e. The van der Waals surface area contributed by atoms with Crippen molar-refractivity contribution in [1.82, 2.24) is 14.6 Å². The second-order valence-corrected chi connectivity index (χ2v) is 14.2. The first kappa shape index (κ1) is 34.2. The van der Waals surface area contributed by atoms with Gasteiger partial charge in [0.15, 0.2) is 0 Å². The fourth-order valence-corrected chi connectivity index (χ4v) is 7.81. The molecule has 3 heterocycles. The number of amides is 2. The summed E-state index contributed by atoms with van der Waals surface area (Å²) in [5.41, 5.74) is 5.66. The number of nitrogens with zero attached hydrogens (tertiary/aromatic N) is 4. The zero-order valence-corrected chi connectivity index (χ0v) is 26.9. The number of anilines is 2. The van der Waals surface area contributed by atoms with E-state index in [9.17, 15) is 23.1 Å². The summed E-state index contributed by atoms with van der Waals surface area (Å²) >= 11 is 6.22. The molecule has 2 aromatic rings. The lowest BCUT2D eigenvalue weighted by Crippen LogP contribution is -2.49. The number of aromatic nitrogens is 1. The third-order valence-electron chi connectivity index (χ3n) is 8.88. The number of carbonyl (C=O) groups is 2. The number of benzene rings is 1. The van der Waals surface area contributed by atoms with Crippen molar-refractivity contribution in [3.05, 3.63) is 47.1 Å². The first-order valence-corrected chi connectivity index (χ1v) is 17.2. The Morgan fingerprint density at radius 1 is 1.11 bits per heavy atom. The van der Waals surface area contributed by atoms with Crippen LogP contribution in [0.25, 0.3) is 0 Å². The number of aliphatic hydroxyl groups is 1. The van der Waals surface area contributed by atoms with E-state index >= 15 is 8.78 Å². The van der Waals surface area contributed by atoms with E-state index in [2.05, 4.69) is 10.3 Å². The highest BCUT2D eigenvalue weighted by atomic mass is 35.5. The molecule has 3 fully saturated rings. The standard InChI is InChI=1S/C30H39ClF2N6O6S/c31-26-16-22(30(32,33)21-4-2-20(3-5-21)28(41)35-11-1-10-34)17-27(36-26)37-12-14-38(15-13-37)46(43,44)25-8-6-23(7-9-25)39-18-24(19-40)45-29(39)42/h6-9,16-17,20-21,24,40H,1-5,10-15,18-19,34H2,(H,35,41)/t20?,21?,24-/m1/s1. The van der Waals surface area contributed by atoms with Crippen molar-refractivity contribution in [3.8, 4) is 0 Å². The number of nitrogens with one attached hydrogen (secondary N) is 1. The predicted molar refractivity (Wildman–Crippen MR) is 167 cm³/mol. The third kappa shape index (κ3) is 7.38. The van der Waals surface area contributed by atoms with Gasteiger partial charge in [0.25, 0.3) is 5.92 Å². The van der Waals surface area contributed by atoms with Crippen molar-refractivity contribution in [2.45, 2.75) is 49.0 Å². The molecule has 252 valence electrons. The first-order chi connectivity index (χ1) is 21.9. The zero-order valence-electron chi connectivity index (χ0n) is 25.3. The summed E-state index contributed by atoms with van der Waals surface area (Å²) in [5, 5.41) is 12.0. The maximum atomic E-state index is 15.8. The average molecular weight is 685 g/mol. The number of sulfonamides is 1. The molecule has 2 amide bonds. The summed E-state index contributed by atoms with van der Waals surface area (Å²) in [4.78, 5) is 31.8. The van der Waals surface area contributed by atoms with E-state index < -0.39 is 34.1 Å². The van der Waals surface area contributed by atoms with Crippen LogP contribution < -0.4 is 20.9 Å². The van der Waals surface area contributed by atoms with Gasteiger partial charge in [0.1, 0.15) is 17.1 Å². The molecule has 1 aromatic carbocycles. The van der Waals surface area contributed by atoms with Gasteiger partial charge >= 0.3 is 6.09 Å². The Hall–Kier alpha value is -3.11. The van der Waals surface area contributed by atoms with Gasteiger partial charge in [-0.15, -0.1) is 0 Å². The molecule has 12 nitrogen and oxygen atoms in total. The molecule has 3 aliphatic rings. The first-order valence-electron chi connectivity index (χ1n) is 15.4. The molecular formula is C30H39ClF2N6O6S. The molecule has 0 spiro atoms. The van der Waals surface area contributed by atoms with Gasteiger partial charge in [-0.25, -0.2) is 27.0 Å². The van der Waals surface area contributed by atoms with E-state index in [1.807, 2.05) is 0 Å². The third-order valence-corrected chi connectivity index (χ3v) is 11.0. The molecule has 2 saturated heterocycles. The van der Waals surface area contributed by atoms with Crippen LogP contribution >= 0.6 is 11.6 Å². The Balaban J connectivity index is 1.20. The van der Waals surface area contributed by atoms with Crippen LogP contribution in [-0.4, -0.2) is 93.3 Å². The highest BCUT2D eigenvalue weighted by Gasteiger charge is 2.44. The Labute approximate surface area is 271 Å². The van der Waals surface area contributed by atoms with Crippen LogP contribution in [0.4, 0.5) is 25.1 Å². The van der Waals surface area contributed by atoms with Crippen molar-refractivity contribution in [1.29, 1.82) is 0 Å². The van der Waals surface area contributed by atoms with Crippen molar-refractivity contribution in [3.63, 3.8) is 0 Å². The molecule has 5 rings (SSSR count). The smallest absolute Gasteiger partial charge is 0.414 e. The van der Waals surface area contributed by atoms with Crippen molar-refractivity contribution in [2.24, 2.45) is 17.6 Å². The van der Waals surface area contributed by atoms with Gasteiger partial charge in [-0.1, -0.05) is 11.6 Å². The van der Waals surface area contributed by atoms with Crippen LogP contribution in [-0.2, 0) is 25.5 Å². The second kappa shape index (κ2) is 14.3. The summed E-state index contributed by atoms with van der Waals surface area (Å²) in [7, 11) is -3.88. The summed E-state index contributed by atoms with van der Waals surface area (Å²) in [6, 6.07) is 8.33. The van der Waals surface area contributed by atoms with Gasteiger partial charge in [-0.3, -0.25) is 9.69 Å². The Morgan fingerprint density at radius 2 is 1.78 bits per heavy atom. The van der Waals surface area contributed by atoms with Gasteiger partial charge in [-0.2, -0.15) is 4.31 Å². The van der Waals surface area contributed by atoms with E-state index in [0.717, 1.165) is 0 Å². The van der Waals surface area contributed by atoms with Gasteiger partial charge in [0, 0.05) is 55.8 Å². The van der Waals surface area contributed by atoms with E-state index in [1.165, 1.54) is 45.6 Å². The Kier molecular flexibility index (Phi) is 10.7. The van der Waals surface area contributed by atoms with Crippen molar-refractivity contribution in [2.75, 3.05) is 62.2 Å². The SMILES string of the molecule is NCCCNC(=O)C1CCC(C(F)(F)c2cc(Cl)nc(N3CCN(S(=O)(=O)c4ccc(N5C[C@H](CO)OC5=O)cc4)CC3)c2)CC1. The van der Waals surface area contributed by atoms with Crippen LogP contribution in [0.15, 0.2) is 41.3 Å². The summed E-state index contributed by atoms with van der Waals surface area (Å²) < 4.78 is 64.7. The fourth-order valence-electron chi connectivity index (χ4n) is 6.18. The highest BCUT2D eigenvalue weighted by Crippen LogP contribution is 2.46. The van der Waals surface area contributed by atoms with Crippen LogP contribution in [0.2, 0.25) is 5.15 Å². The molecule has 1 aromatic heterocycles. The molecule has 46 heavy (non-hydrogen) atoms. The molecular weight excluding hydrogens is 646 g/mol. The number of pyridine rings is 1. The number of aliphatic hydroxyl groups excluding tert-OH is 1. The van der Waals surface area contributed by atoms with Gasteiger partial charge in [-0.05, 0) is 75.0 Å². The lowest BCUT2D eigenvalue weighted by molar-refractivity contribution is -0.129. The van der Waals surface area contributed by atoms with E-state index in [4.69, 9.17) is 22.1 Å². The van der Waals surface area contributed by atoms with E-state index in [1.54, 1.807) is 4.90 Å². The van der Waals surface area contributed by atoms with Gasteiger partial charge in [0.2, 0.25) is 15.9 Å². The maximum Gasteiger partial charge on any atom is 0.414 e. The highest BCUT2D eigenvalue weighted by molar-refractivity contribution is 7.89. The number of alkyl halides is 2. The normalized spacial score (nSPS) is 23.0. The number of piperazine rings is 1. The second-order valence-electron chi connectivity index (χ2n) is 11.8. The zero-order chi connectivity index (χ0) is 33.1. The number of hydrogen-bond acceptors (Lipinski definition) is 9. The summed E-state index contributed by atoms with van der Waals surface area (Å²) in [6.07, 6.45) is 0.529. The fraction of sp³-hybridized carbons (Fsp3) is 0.567. The number of rotatable bonds is 11. The topological polar surface area (TPSA) is 158 Å². The number of carbonyl (C=O) groups excluding carboxylic acids is 2. The van der Waals surface area contributed by atoms with Crippen LogP contribution in [0.1, 0.15) is 37.7 Å². The van der Waals surface area contributed by atoms with Crippen LogP contribution in [0.5, 0.6) is 0 Å². The van der Waals surface area contributed by atoms with Crippen molar-refractivity contribution >= 4 is 45.1 Å². The predicted octanol–water partition coefficient (Wildman–Crippen LogP) is 2.93. The number of nitrogens with two attached hydrogens (primary N) is 1. The monoisotopic (exact) mass is 684 g/mol. The molecule has 1 aliphatic carbocycles. The Bertz CT molecular complexity index is 1500.